The lowest BCUT2D eigenvalue weighted by Gasteiger charge is -2.02. The third kappa shape index (κ3) is 3.34. The van der Waals surface area contributed by atoms with Crippen LogP contribution in [0.3, 0.4) is 0 Å². The summed E-state index contributed by atoms with van der Waals surface area (Å²) in [6.07, 6.45) is 0.785. The van der Waals surface area contributed by atoms with Crippen LogP contribution in [0.25, 0.3) is 0 Å². The molecule has 10 nitrogen and oxygen atoms in total. The lowest BCUT2D eigenvalue weighted by atomic mass is 10.5. The Morgan fingerprint density at radius 3 is 2.80 bits per heavy atom. The van der Waals surface area contributed by atoms with Crippen molar-refractivity contribution in [1.29, 1.82) is 0 Å². The molecule has 0 atom stereocenters. The number of nitrogens with two attached hydrogens (primary N) is 2. The van der Waals surface area contributed by atoms with Gasteiger partial charge in [0.1, 0.15) is 5.01 Å². The summed E-state index contributed by atoms with van der Waals surface area (Å²) in [6.45, 7) is 1.97. The third-order valence-electron chi connectivity index (χ3n) is 2.14. The summed E-state index contributed by atoms with van der Waals surface area (Å²) in [5.74, 6) is 10.9. The van der Waals surface area contributed by atoms with E-state index >= 15 is 0 Å². The molecule has 6 N–H and O–H groups in total. The van der Waals surface area contributed by atoms with Crippen LogP contribution in [0, 0.1) is 0 Å². The summed E-state index contributed by atoms with van der Waals surface area (Å²) in [6, 6.07) is 0. The topological polar surface area (TPSA) is 150 Å². The molecular formula is C8H13N9OS2. The first-order valence-electron chi connectivity index (χ1n) is 5.56. The molecule has 0 saturated carbocycles. The van der Waals surface area contributed by atoms with E-state index in [0.717, 1.165) is 27.9 Å². The molecule has 2 aromatic rings. The zero-order valence-corrected chi connectivity index (χ0v) is 12.2. The third-order valence-corrected chi connectivity index (χ3v) is 4.07. The van der Waals surface area contributed by atoms with Gasteiger partial charge in [-0.25, -0.2) is 10.5 Å². The highest BCUT2D eigenvalue weighted by molar-refractivity contribution is 7.99. The highest BCUT2D eigenvalue weighted by Gasteiger charge is 2.12. The number of aryl methyl sites for hydroxylation is 1. The van der Waals surface area contributed by atoms with Crippen molar-refractivity contribution >= 4 is 40.1 Å². The molecule has 0 radical (unpaired) electrons. The van der Waals surface area contributed by atoms with Crippen LogP contribution in [-0.4, -0.2) is 36.7 Å². The summed E-state index contributed by atoms with van der Waals surface area (Å²) in [7, 11) is 0. The van der Waals surface area contributed by atoms with Gasteiger partial charge in [-0.15, -0.1) is 20.4 Å². The van der Waals surface area contributed by atoms with Crippen LogP contribution in [0.2, 0.25) is 0 Å². The maximum absolute atomic E-state index is 11.7. The number of anilines is 2. The van der Waals surface area contributed by atoms with Gasteiger partial charge >= 0.3 is 0 Å². The number of rotatable bonds is 6. The predicted molar refractivity (Wildman–Crippen MR) is 76.6 cm³/mol. The highest BCUT2D eigenvalue weighted by atomic mass is 32.2. The van der Waals surface area contributed by atoms with Crippen molar-refractivity contribution in [3.05, 3.63) is 5.01 Å². The standard InChI is InChI=1S/C8H13N9OS2/c1-2-5-13-15-7(20-5)11-4(18)3-19-8-16-14-6(12-9)17(8)10/h2-3,9-10H2,1H3,(H,12,14)(H,11,15,18). The number of nitrogens with zero attached hydrogens (tertiary/aromatic N) is 5. The molecule has 2 rings (SSSR count). The second kappa shape index (κ2) is 6.49. The minimum atomic E-state index is -0.223. The molecule has 0 spiro atoms. The van der Waals surface area contributed by atoms with Gasteiger partial charge in [0, 0.05) is 0 Å². The number of hydrazine groups is 1. The van der Waals surface area contributed by atoms with Crippen LogP contribution in [0.1, 0.15) is 11.9 Å². The first-order valence-corrected chi connectivity index (χ1v) is 7.36. The molecule has 0 aliphatic heterocycles. The van der Waals surface area contributed by atoms with Gasteiger partial charge in [0.05, 0.1) is 5.75 Å². The van der Waals surface area contributed by atoms with E-state index in [1.807, 2.05) is 6.92 Å². The van der Waals surface area contributed by atoms with Crippen LogP contribution < -0.4 is 22.4 Å². The fraction of sp³-hybridized carbons (Fsp3) is 0.375. The summed E-state index contributed by atoms with van der Waals surface area (Å²) < 4.78 is 1.16. The Labute approximate surface area is 122 Å². The summed E-state index contributed by atoms with van der Waals surface area (Å²) in [5.41, 5.74) is 2.29. The zero-order chi connectivity index (χ0) is 14.5. The van der Waals surface area contributed by atoms with Gasteiger partial charge < -0.3 is 5.84 Å². The van der Waals surface area contributed by atoms with Gasteiger partial charge in [-0.1, -0.05) is 30.0 Å². The Hall–Kier alpha value is -1.92. The van der Waals surface area contributed by atoms with Gasteiger partial charge in [0.15, 0.2) is 0 Å². The number of carbonyl (C=O) groups excluding carboxylic acids is 1. The monoisotopic (exact) mass is 315 g/mol. The molecule has 20 heavy (non-hydrogen) atoms. The van der Waals surface area contributed by atoms with Crippen molar-refractivity contribution in [1.82, 2.24) is 25.1 Å². The Balaban J connectivity index is 1.87. The van der Waals surface area contributed by atoms with E-state index in [1.165, 1.54) is 11.3 Å². The van der Waals surface area contributed by atoms with Crippen molar-refractivity contribution in [2.45, 2.75) is 18.5 Å². The second-order valence-corrected chi connectivity index (χ2v) is 5.52. The van der Waals surface area contributed by atoms with E-state index in [4.69, 9.17) is 11.7 Å². The number of hydrogen-bond donors (Lipinski definition) is 4. The number of hydrogen-bond acceptors (Lipinski definition) is 10. The molecule has 2 heterocycles. The molecule has 0 aliphatic rings. The Kier molecular flexibility index (Phi) is 4.70. The molecule has 0 unspecified atom stereocenters. The van der Waals surface area contributed by atoms with Crippen LogP contribution in [0.15, 0.2) is 5.16 Å². The van der Waals surface area contributed by atoms with Crippen LogP contribution in [0.4, 0.5) is 11.1 Å². The molecule has 0 aromatic carbocycles. The largest absolute Gasteiger partial charge is 0.334 e. The number of nitrogens with one attached hydrogen (secondary N) is 2. The van der Waals surface area contributed by atoms with Gasteiger partial charge in [-0.05, 0) is 6.42 Å². The molecular weight excluding hydrogens is 302 g/mol. The quantitative estimate of drug-likeness (QED) is 0.312. The van der Waals surface area contributed by atoms with Crippen LogP contribution in [-0.2, 0) is 11.2 Å². The van der Waals surface area contributed by atoms with Crippen LogP contribution in [0.5, 0.6) is 0 Å². The highest BCUT2D eigenvalue weighted by Crippen LogP contribution is 2.18. The number of amides is 1. The van der Waals surface area contributed by atoms with Crippen molar-refractivity contribution in [2.75, 3.05) is 22.3 Å². The lowest BCUT2D eigenvalue weighted by Crippen LogP contribution is -2.19. The fourth-order valence-corrected chi connectivity index (χ4v) is 2.56. The minimum absolute atomic E-state index is 0.126. The molecule has 0 saturated heterocycles. The van der Waals surface area contributed by atoms with E-state index in [9.17, 15) is 4.79 Å². The first kappa shape index (κ1) is 14.5. The zero-order valence-electron chi connectivity index (χ0n) is 10.5. The van der Waals surface area contributed by atoms with Gasteiger partial charge in [0.25, 0.3) is 5.95 Å². The average Bonchev–Trinajstić information content (AvgIpc) is 3.03. The summed E-state index contributed by atoms with van der Waals surface area (Å²) >= 11 is 2.48. The summed E-state index contributed by atoms with van der Waals surface area (Å²) in [5, 5.41) is 19.6. The Bertz CT molecular complexity index is 595. The maximum Gasteiger partial charge on any atom is 0.258 e. The van der Waals surface area contributed by atoms with E-state index in [2.05, 4.69) is 31.1 Å². The van der Waals surface area contributed by atoms with E-state index in [-0.39, 0.29) is 17.6 Å². The van der Waals surface area contributed by atoms with Gasteiger partial charge in [0.2, 0.25) is 16.2 Å². The molecule has 12 heteroatoms. The maximum atomic E-state index is 11.7. The number of thioether (sulfide) groups is 1. The van der Waals surface area contributed by atoms with Crippen LogP contribution >= 0.6 is 23.1 Å². The molecule has 1 amide bonds. The van der Waals surface area contributed by atoms with Crippen molar-refractivity contribution < 1.29 is 4.79 Å². The number of nitrogen functional groups attached to an aromatic ring is 2. The van der Waals surface area contributed by atoms with Gasteiger partial charge in [-0.2, -0.15) is 0 Å². The van der Waals surface area contributed by atoms with E-state index < -0.39 is 0 Å². The predicted octanol–water partition coefficient (Wildman–Crippen LogP) is -0.578. The fourth-order valence-electron chi connectivity index (χ4n) is 1.21. The Morgan fingerprint density at radius 2 is 2.20 bits per heavy atom. The van der Waals surface area contributed by atoms with Crippen molar-refractivity contribution in [2.24, 2.45) is 5.84 Å². The van der Waals surface area contributed by atoms with E-state index in [1.54, 1.807) is 0 Å². The first-order chi connectivity index (χ1) is 9.63. The normalized spacial score (nSPS) is 10.5. The smallest absolute Gasteiger partial charge is 0.258 e. The summed E-state index contributed by atoms with van der Waals surface area (Å²) in [4.78, 5) is 11.7. The SMILES string of the molecule is CCc1nnc(NC(=O)CSc2nnc(NN)n2N)s1. The second-order valence-electron chi connectivity index (χ2n) is 3.51. The lowest BCUT2D eigenvalue weighted by molar-refractivity contribution is -0.113. The number of aromatic nitrogens is 5. The molecule has 108 valence electrons. The number of carbonyl (C=O) groups is 1. The van der Waals surface area contributed by atoms with Crippen molar-refractivity contribution in [3.63, 3.8) is 0 Å². The molecule has 2 aromatic heterocycles. The molecule has 0 fully saturated rings. The average molecular weight is 315 g/mol. The Morgan fingerprint density at radius 1 is 1.40 bits per heavy atom. The minimum Gasteiger partial charge on any atom is -0.334 e. The van der Waals surface area contributed by atoms with E-state index in [0.29, 0.717) is 10.3 Å². The van der Waals surface area contributed by atoms with Gasteiger partial charge in [-0.3, -0.25) is 15.5 Å². The molecule has 0 aliphatic carbocycles. The molecule has 0 bridgehead atoms. The van der Waals surface area contributed by atoms with Crippen molar-refractivity contribution in [3.8, 4) is 0 Å².